The molecule has 4 nitrogen and oxygen atoms in total. The smallest absolute Gasteiger partial charge is 0.193 e. The molecule has 0 aromatic heterocycles. The van der Waals surface area contributed by atoms with E-state index in [-0.39, 0.29) is 24.0 Å². The van der Waals surface area contributed by atoms with Gasteiger partial charge in [0.2, 0.25) is 0 Å². The van der Waals surface area contributed by atoms with Crippen LogP contribution in [0.5, 0.6) is 0 Å². The van der Waals surface area contributed by atoms with E-state index < -0.39 is 11.6 Å². The molecule has 0 amide bonds. The van der Waals surface area contributed by atoms with Gasteiger partial charge in [-0.2, -0.15) is 0 Å². The molecule has 1 atom stereocenters. The van der Waals surface area contributed by atoms with E-state index in [0.29, 0.717) is 24.4 Å². The van der Waals surface area contributed by atoms with E-state index in [2.05, 4.69) is 15.2 Å². The fourth-order valence-corrected chi connectivity index (χ4v) is 2.62. The molecule has 0 saturated carbocycles. The minimum Gasteiger partial charge on any atom is -0.381 e. The van der Waals surface area contributed by atoms with E-state index >= 15 is 0 Å². The Bertz CT molecular complexity index is 522. The van der Waals surface area contributed by atoms with Gasteiger partial charge in [-0.15, -0.1) is 24.0 Å². The Morgan fingerprint density at radius 1 is 1.43 bits per heavy atom. The van der Waals surface area contributed by atoms with Crippen LogP contribution in [0, 0.1) is 17.6 Å². The number of nitrogens with one attached hydrogen (secondary N) is 1. The SMILES string of the molecule is CN=C(NCCc1ccc(F)cc1F)N(C)CC1CCOC1.I. The molecular weight excluding hydrogens is 415 g/mol. The van der Waals surface area contributed by atoms with E-state index in [1.165, 1.54) is 12.1 Å². The second-order valence-corrected chi connectivity index (χ2v) is 5.57. The number of benzene rings is 1. The van der Waals surface area contributed by atoms with Crippen molar-refractivity contribution >= 4 is 29.9 Å². The molecular formula is C16H24F2IN3O. The number of guanidine groups is 1. The lowest BCUT2D eigenvalue weighted by Gasteiger charge is -2.24. The number of hydrogen-bond donors (Lipinski definition) is 1. The van der Waals surface area contributed by atoms with Crippen molar-refractivity contribution in [2.24, 2.45) is 10.9 Å². The Morgan fingerprint density at radius 3 is 2.83 bits per heavy atom. The first-order valence-electron chi connectivity index (χ1n) is 7.53. The Balaban J connectivity index is 0.00000264. The van der Waals surface area contributed by atoms with Gasteiger partial charge < -0.3 is 15.0 Å². The molecule has 1 aliphatic rings. The van der Waals surface area contributed by atoms with Crippen LogP contribution in [0.15, 0.2) is 23.2 Å². The summed E-state index contributed by atoms with van der Waals surface area (Å²) in [6.07, 6.45) is 1.55. The van der Waals surface area contributed by atoms with Crippen molar-refractivity contribution in [2.45, 2.75) is 12.8 Å². The van der Waals surface area contributed by atoms with E-state index in [0.717, 1.165) is 38.2 Å². The second-order valence-electron chi connectivity index (χ2n) is 5.57. The Kier molecular flexibility index (Phi) is 8.75. The highest BCUT2D eigenvalue weighted by atomic mass is 127. The molecule has 1 heterocycles. The van der Waals surface area contributed by atoms with Crippen molar-refractivity contribution in [3.8, 4) is 0 Å². The van der Waals surface area contributed by atoms with Crippen LogP contribution in [-0.2, 0) is 11.2 Å². The molecule has 1 N–H and O–H groups in total. The lowest BCUT2D eigenvalue weighted by atomic mass is 10.1. The fourth-order valence-electron chi connectivity index (χ4n) is 2.62. The highest BCUT2D eigenvalue weighted by molar-refractivity contribution is 14.0. The molecule has 130 valence electrons. The summed E-state index contributed by atoms with van der Waals surface area (Å²) in [7, 11) is 3.70. The van der Waals surface area contributed by atoms with Gasteiger partial charge in [0.15, 0.2) is 5.96 Å². The van der Waals surface area contributed by atoms with Crippen LogP contribution in [0.1, 0.15) is 12.0 Å². The summed E-state index contributed by atoms with van der Waals surface area (Å²) < 4.78 is 31.8. The van der Waals surface area contributed by atoms with E-state index in [4.69, 9.17) is 4.74 Å². The first kappa shape index (κ1) is 20.1. The summed E-state index contributed by atoms with van der Waals surface area (Å²) in [6.45, 7) is 3.04. The second kappa shape index (κ2) is 10.0. The molecule has 1 fully saturated rings. The number of nitrogens with zero attached hydrogens (tertiary/aromatic N) is 2. The van der Waals surface area contributed by atoms with Crippen LogP contribution in [0.25, 0.3) is 0 Å². The van der Waals surface area contributed by atoms with E-state index in [1.807, 2.05) is 7.05 Å². The molecule has 2 rings (SSSR count). The predicted molar refractivity (Wildman–Crippen MR) is 98.4 cm³/mol. The Labute approximate surface area is 153 Å². The zero-order chi connectivity index (χ0) is 15.9. The molecule has 1 aromatic carbocycles. The summed E-state index contributed by atoms with van der Waals surface area (Å²) in [6, 6.07) is 3.67. The quantitative estimate of drug-likeness (QED) is 0.436. The summed E-state index contributed by atoms with van der Waals surface area (Å²) in [5, 5.41) is 3.21. The average Bonchev–Trinajstić information content (AvgIpc) is 2.98. The first-order valence-corrected chi connectivity index (χ1v) is 7.53. The third-order valence-corrected chi connectivity index (χ3v) is 3.82. The number of aliphatic imine (C=N–C) groups is 1. The minimum atomic E-state index is -0.552. The van der Waals surface area contributed by atoms with Crippen molar-refractivity contribution < 1.29 is 13.5 Å². The lowest BCUT2D eigenvalue weighted by molar-refractivity contribution is 0.181. The van der Waals surface area contributed by atoms with Crippen molar-refractivity contribution in [1.82, 2.24) is 10.2 Å². The van der Waals surface area contributed by atoms with Gasteiger partial charge in [-0.25, -0.2) is 8.78 Å². The van der Waals surface area contributed by atoms with Gasteiger partial charge in [0, 0.05) is 45.8 Å². The topological polar surface area (TPSA) is 36.9 Å². The van der Waals surface area contributed by atoms with Gasteiger partial charge in [0.1, 0.15) is 11.6 Å². The number of ether oxygens (including phenoxy) is 1. The van der Waals surface area contributed by atoms with E-state index in [1.54, 1.807) is 7.05 Å². The number of rotatable bonds is 5. The Hall–Kier alpha value is -0.960. The first-order chi connectivity index (χ1) is 10.6. The van der Waals surface area contributed by atoms with Crippen LogP contribution in [0.4, 0.5) is 8.78 Å². The largest absolute Gasteiger partial charge is 0.381 e. The predicted octanol–water partition coefficient (Wildman–Crippen LogP) is 2.67. The fraction of sp³-hybridized carbons (Fsp3) is 0.562. The maximum absolute atomic E-state index is 13.6. The summed E-state index contributed by atoms with van der Waals surface area (Å²) in [5.41, 5.74) is 0.496. The monoisotopic (exact) mass is 439 g/mol. The van der Waals surface area contributed by atoms with Gasteiger partial charge in [-0.05, 0) is 24.5 Å². The van der Waals surface area contributed by atoms with E-state index in [9.17, 15) is 8.78 Å². The zero-order valence-corrected chi connectivity index (χ0v) is 15.8. The van der Waals surface area contributed by atoms with Gasteiger partial charge in [-0.3, -0.25) is 4.99 Å². The van der Waals surface area contributed by atoms with Crippen molar-refractivity contribution in [1.29, 1.82) is 0 Å². The highest BCUT2D eigenvalue weighted by Gasteiger charge is 2.19. The van der Waals surface area contributed by atoms with Gasteiger partial charge in [0.05, 0.1) is 6.61 Å². The molecule has 0 bridgehead atoms. The molecule has 23 heavy (non-hydrogen) atoms. The molecule has 1 saturated heterocycles. The molecule has 7 heteroatoms. The zero-order valence-electron chi connectivity index (χ0n) is 13.5. The average molecular weight is 439 g/mol. The molecule has 0 radical (unpaired) electrons. The van der Waals surface area contributed by atoms with Gasteiger partial charge in [0.25, 0.3) is 0 Å². The van der Waals surface area contributed by atoms with Gasteiger partial charge in [-0.1, -0.05) is 6.07 Å². The standard InChI is InChI=1S/C16H23F2N3O.HI/c1-19-16(21(2)10-12-6-8-22-11-12)20-7-5-13-3-4-14(17)9-15(13)18;/h3-4,9,12H,5-8,10-11H2,1-2H3,(H,19,20);1H. The third-order valence-electron chi connectivity index (χ3n) is 3.82. The van der Waals surface area contributed by atoms with Crippen molar-refractivity contribution in [3.05, 3.63) is 35.4 Å². The minimum absolute atomic E-state index is 0. The molecule has 0 aliphatic carbocycles. The maximum atomic E-state index is 13.6. The van der Waals surface area contributed by atoms with Crippen LogP contribution < -0.4 is 5.32 Å². The molecule has 1 unspecified atom stereocenters. The number of halogens is 3. The van der Waals surface area contributed by atoms with Crippen molar-refractivity contribution in [3.63, 3.8) is 0 Å². The van der Waals surface area contributed by atoms with Crippen LogP contribution in [0.2, 0.25) is 0 Å². The van der Waals surface area contributed by atoms with Gasteiger partial charge >= 0.3 is 0 Å². The molecule has 0 spiro atoms. The number of hydrogen-bond acceptors (Lipinski definition) is 2. The normalized spacial score (nSPS) is 17.7. The third kappa shape index (κ3) is 6.21. The lowest BCUT2D eigenvalue weighted by Crippen LogP contribution is -2.42. The van der Waals surface area contributed by atoms with Crippen molar-refractivity contribution in [2.75, 3.05) is 40.4 Å². The van der Waals surface area contributed by atoms with Crippen LogP contribution >= 0.6 is 24.0 Å². The molecule has 1 aliphatic heterocycles. The molecule has 1 aromatic rings. The summed E-state index contributed by atoms with van der Waals surface area (Å²) in [5.74, 6) is 0.240. The summed E-state index contributed by atoms with van der Waals surface area (Å²) >= 11 is 0. The highest BCUT2D eigenvalue weighted by Crippen LogP contribution is 2.13. The van der Waals surface area contributed by atoms with Crippen LogP contribution in [0.3, 0.4) is 0 Å². The maximum Gasteiger partial charge on any atom is 0.193 e. The Morgan fingerprint density at radius 2 is 2.22 bits per heavy atom. The summed E-state index contributed by atoms with van der Waals surface area (Å²) in [4.78, 5) is 6.29. The van der Waals surface area contributed by atoms with Crippen LogP contribution in [-0.4, -0.2) is 51.3 Å².